The summed E-state index contributed by atoms with van der Waals surface area (Å²) in [6.07, 6.45) is 7.71. The molecule has 0 saturated carbocycles. The number of hydrogen-bond acceptors (Lipinski definition) is 7. The molecule has 184 valence electrons. The Morgan fingerprint density at radius 2 is 1.97 bits per heavy atom. The number of aryl methyl sites for hydroxylation is 2. The third kappa shape index (κ3) is 4.33. The molecular formula is C23H20F2N8O3. The fraction of sp³-hybridized carbons (Fsp3) is 0.174. The van der Waals surface area contributed by atoms with Gasteiger partial charge in [-0.1, -0.05) is 0 Å². The van der Waals surface area contributed by atoms with Crippen LogP contribution < -0.4 is 14.8 Å². The van der Waals surface area contributed by atoms with E-state index in [1.807, 2.05) is 6.92 Å². The summed E-state index contributed by atoms with van der Waals surface area (Å²) in [5, 5.41) is 15.4. The van der Waals surface area contributed by atoms with E-state index >= 15 is 0 Å². The molecule has 1 amide bonds. The van der Waals surface area contributed by atoms with E-state index < -0.39 is 12.5 Å². The van der Waals surface area contributed by atoms with Gasteiger partial charge in [-0.2, -0.15) is 24.1 Å². The van der Waals surface area contributed by atoms with Crippen molar-refractivity contribution in [2.24, 2.45) is 14.1 Å². The van der Waals surface area contributed by atoms with Crippen molar-refractivity contribution >= 4 is 17.2 Å². The van der Waals surface area contributed by atoms with Crippen LogP contribution in [-0.4, -0.2) is 46.7 Å². The smallest absolute Gasteiger partial charge is 0.387 e. The fourth-order valence-electron chi connectivity index (χ4n) is 3.62. The summed E-state index contributed by atoms with van der Waals surface area (Å²) in [5.74, 6) is 0.221. The molecule has 0 spiro atoms. The van der Waals surface area contributed by atoms with Gasteiger partial charge in [-0.05, 0) is 31.2 Å². The average Bonchev–Trinajstić information content (AvgIpc) is 3.53. The van der Waals surface area contributed by atoms with E-state index in [-0.39, 0.29) is 28.3 Å². The van der Waals surface area contributed by atoms with Gasteiger partial charge in [0.25, 0.3) is 5.91 Å². The van der Waals surface area contributed by atoms with Gasteiger partial charge in [-0.3, -0.25) is 14.2 Å². The Bertz CT molecular complexity index is 1570. The van der Waals surface area contributed by atoms with E-state index in [1.54, 1.807) is 49.6 Å². The maximum Gasteiger partial charge on any atom is 0.387 e. The SMILES string of the molecule is Cc1c(Oc2ccc(OC(F)F)c(-c3nn(C)cc3NC(=O)c3cnn4cccnc34)c2)cnn1C. The molecule has 0 aliphatic rings. The van der Waals surface area contributed by atoms with Crippen molar-refractivity contribution in [1.82, 2.24) is 34.2 Å². The van der Waals surface area contributed by atoms with Gasteiger partial charge in [0.15, 0.2) is 11.4 Å². The van der Waals surface area contributed by atoms with Crippen LogP contribution in [-0.2, 0) is 14.1 Å². The minimum absolute atomic E-state index is 0.132. The molecule has 4 heterocycles. The molecule has 0 bridgehead atoms. The van der Waals surface area contributed by atoms with Crippen LogP contribution in [0.25, 0.3) is 16.9 Å². The summed E-state index contributed by atoms with van der Waals surface area (Å²) in [4.78, 5) is 17.3. The molecule has 0 radical (unpaired) electrons. The predicted molar refractivity (Wildman–Crippen MR) is 124 cm³/mol. The molecule has 13 heteroatoms. The Kier molecular flexibility index (Phi) is 5.80. The summed E-state index contributed by atoms with van der Waals surface area (Å²) in [7, 11) is 3.42. The fourth-order valence-corrected chi connectivity index (χ4v) is 3.62. The van der Waals surface area contributed by atoms with E-state index in [0.29, 0.717) is 17.1 Å². The topological polar surface area (TPSA) is 113 Å². The number of amides is 1. The van der Waals surface area contributed by atoms with Gasteiger partial charge in [0, 0.05) is 32.7 Å². The Balaban J connectivity index is 1.53. The standard InChI is InChI=1S/C23H20F2N8O3/c1-13-19(11-27-32(13)3)35-14-5-6-18(36-23(24)25)15(9-14)20-17(12-31(2)30-20)29-22(34)16-10-28-33-8-4-7-26-21(16)33/h4-12,23H,1-3H3,(H,29,34). The minimum atomic E-state index is -3.07. The maximum atomic E-state index is 13.2. The zero-order valence-electron chi connectivity index (χ0n) is 19.4. The van der Waals surface area contributed by atoms with Crippen LogP contribution in [0.5, 0.6) is 17.2 Å². The number of nitrogens with zero attached hydrogens (tertiary/aromatic N) is 7. The summed E-state index contributed by atoms with van der Waals surface area (Å²) in [6.45, 7) is -1.23. The van der Waals surface area contributed by atoms with Gasteiger partial charge in [0.05, 0.1) is 29.3 Å². The number of anilines is 1. The number of nitrogens with one attached hydrogen (secondary N) is 1. The number of aromatic nitrogens is 7. The number of alkyl halides is 2. The number of benzene rings is 1. The van der Waals surface area contributed by atoms with Gasteiger partial charge in [-0.15, -0.1) is 0 Å². The summed E-state index contributed by atoms with van der Waals surface area (Å²) in [6, 6.07) is 6.06. The molecule has 36 heavy (non-hydrogen) atoms. The highest BCUT2D eigenvalue weighted by atomic mass is 19.3. The lowest BCUT2D eigenvalue weighted by molar-refractivity contribution is -0.0494. The van der Waals surface area contributed by atoms with Crippen molar-refractivity contribution in [2.75, 3.05) is 5.32 Å². The molecule has 0 atom stereocenters. The van der Waals surface area contributed by atoms with Gasteiger partial charge >= 0.3 is 6.61 Å². The number of halogens is 2. The van der Waals surface area contributed by atoms with Crippen molar-refractivity contribution < 1.29 is 23.0 Å². The van der Waals surface area contributed by atoms with E-state index in [4.69, 9.17) is 9.47 Å². The first kappa shape index (κ1) is 23.0. The molecular weight excluding hydrogens is 474 g/mol. The van der Waals surface area contributed by atoms with E-state index in [1.165, 1.54) is 33.6 Å². The molecule has 0 fully saturated rings. The highest BCUT2D eigenvalue weighted by Gasteiger charge is 2.22. The number of ether oxygens (including phenoxy) is 2. The predicted octanol–water partition coefficient (Wildman–Crippen LogP) is 3.82. The number of hydrogen-bond donors (Lipinski definition) is 1. The largest absolute Gasteiger partial charge is 0.454 e. The number of fused-ring (bicyclic) bond motifs is 1. The van der Waals surface area contributed by atoms with Crippen molar-refractivity contribution in [2.45, 2.75) is 13.5 Å². The Labute approximate surface area is 202 Å². The van der Waals surface area contributed by atoms with Gasteiger partial charge < -0.3 is 14.8 Å². The highest BCUT2D eigenvalue weighted by Crippen LogP contribution is 2.39. The van der Waals surface area contributed by atoms with Gasteiger partial charge in [0.2, 0.25) is 0 Å². The second-order valence-electron chi connectivity index (χ2n) is 7.82. The van der Waals surface area contributed by atoms with Crippen molar-refractivity contribution in [3.8, 4) is 28.5 Å². The molecule has 5 rings (SSSR count). The second-order valence-corrected chi connectivity index (χ2v) is 7.82. The highest BCUT2D eigenvalue weighted by molar-refractivity contribution is 6.09. The molecule has 11 nitrogen and oxygen atoms in total. The Morgan fingerprint density at radius 3 is 2.72 bits per heavy atom. The van der Waals surface area contributed by atoms with Crippen LogP contribution in [0.1, 0.15) is 16.1 Å². The average molecular weight is 494 g/mol. The quantitative estimate of drug-likeness (QED) is 0.366. The Morgan fingerprint density at radius 1 is 1.14 bits per heavy atom. The lowest BCUT2D eigenvalue weighted by atomic mass is 10.1. The molecule has 4 aromatic heterocycles. The summed E-state index contributed by atoms with van der Waals surface area (Å²) in [5.41, 5.74) is 2.05. The van der Waals surface area contributed by atoms with E-state index in [2.05, 4.69) is 25.6 Å². The van der Waals surface area contributed by atoms with Crippen LogP contribution in [0, 0.1) is 6.92 Å². The lowest BCUT2D eigenvalue weighted by Crippen LogP contribution is -2.12. The maximum absolute atomic E-state index is 13.2. The van der Waals surface area contributed by atoms with Crippen LogP contribution in [0.3, 0.4) is 0 Å². The third-order valence-electron chi connectivity index (χ3n) is 5.44. The second kappa shape index (κ2) is 9.09. The van der Waals surface area contributed by atoms with Crippen molar-refractivity contribution in [3.63, 3.8) is 0 Å². The van der Waals surface area contributed by atoms with Crippen LogP contribution in [0.4, 0.5) is 14.5 Å². The molecule has 1 aromatic carbocycles. The van der Waals surface area contributed by atoms with Gasteiger partial charge in [-0.25, -0.2) is 9.50 Å². The van der Waals surface area contributed by atoms with Gasteiger partial charge in [0.1, 0.15) is 22.8 Å². The molecule has 0 unspecified atom stereocenters. The monoisotopic (exact) mass is 494 g/mol. The first-order valence-electron chi connectivity index (χ1n) is 10.7. The minimum Gasteiger partial charge on any atom is -0.454 e. The van der Waals surface area contributed by atoms with Crippen LogP contribution in [0.2, 0.25) is 0 Å². The normalized spacial score (nSPS) is 11.3. The number of rotatable bonds is 7. The van der Waals surface area contributed by atoms with Crippen LogP contribution >= 0.6 is 0 Å². The molecule has 0 saturated heterocycles. The first-order chi connectivity index (χ1) is 17.3. The molecule has 1 N–H and O–H groups in total. The zero-order valence-corrected chi connectivity index (χ0v) is 19.4. The van der Waals surface area contributed by atoms with Crippen LogP contribution in [0.15, 0.2) is 55.2 Å². The lowest BCUT2D eigenvalue weighted by Gasteiger charge is -2.13. The number of carbonyl (C=O) groups is 1. The third-order valence-corrected chi connectivity index (χ3v) is 5.44. The summed E-state index contributed by atoms with van der Waals surface area (Å²) >= 11 is 0. The zero-order chi connectivity index (χ0) is 25.4. The Hall–Kier alpha value is -4.81. The molecule has 5 aromatic rings. The van der Waals surface area contributed by atoms with Crippen molar-refractivity contribution in [1.29, 1.82) is 0 Å². The first-order valence-corrected chi connectivity index (χ1v) is 10.7. The van der Waals surface area contributed by atoms with Crippen molar-refractivity contribution in [3.05, 3.63) is 66.5 Å². The van der Waals surface area contributed by atoms with E-state index in [9.17, 15) is 13.6 Å². The number of carbonyl (C=O) groups excluding carboxylic acids is 1. The van der Waals surface area contributed by atoms with E-state index in [0.717, 1.165) is 5.69 Å². The molecule has 0 aliphatic heterocycles. The summed E-state index contributed by atoms with van der Waals surface area (Å²) < 4.78 is 41.6. The molecule has 0 aliphatic carbocycles.